The molecule has 0 saturated carbocycles. The summed E-state index contributed by atoms with van der Waals surface area (Å²) < 4.78 is 2.04. The van der Waals surface area contributed by atoms with E-state index in [0.717, 1.165) is 17.2 Å². The number of benzene rings is 1. The Morgan fingerprint density at radius 3 is 2.61 bits per heavy atom. The fraction of sp³-hybridized carbons (Fsp3) is 0.286. The zero-order valence-corrected chi connectivity index (χ0v) is 13.3. The quantitative estimate of drug-likeness (QED) is 0.840. The molecule has 0 bridgehead atoms. The minimum absolute atomic E-state index is 0.429. The first-order valence-corrected chi connectivity index (χ1v) is 7.82. The van der Waals surface area contributed by atoms with Crippen molar-refractivity contribution in [1.82, 2.24) is 5.32 Å². The summed E-state index contributed by atoms with van der Waals surface area (Å²) in [5, 5.41) is 3.38. The van der Waals surface area contributed by atoms with E-state index >= 15 is 0 Å². The summed E-state index contributed by atoms with van der Waals surface area (Å²) in [5.74, 6) is 0. The fourth-order valence-corrected chi connectivity index (χ4v) is 3.52. The SMILES string of the molecule is CNC(Cc1ccc(Cl)s1)Cc1ccccc1Br. The number of hydrogen-bond donors (Lipinski definition) is 1. The molecular weight excluding hydrogens is 330 g/mol. The molecule has 96 valence electrons. The van der Waals surface area contributed by atoms with Gasteiger partial charge < -0.3 is 5.32 Å². The van der Waals surface area contributed by atoms with Gasteiger partial charge in [0.1, 0.15) is 0 Å². The van der Waals surface area contributed by atoms with Crippen molar-refractivity contribution in [3.8, 4) is 0 Å². The van der Waals surface area contributed by atoms with Crippen molar-refractivity contribution in [2.45, 2.75) is 18.9 Å². The highest BCUT2D eigenvalue weighted by molar-refractivity contribution is 9.10. The standard InChI is InChI=1S/C14H15BrClNS/c1-17-11(9-12-6-7-14(16)18-12)8-10-4-2-3-5-13(10)15/h2-7,11,17H,8-9H2,1H3. The fourth-order valence-electron chi connectivity index (χ4n) is 1.91. The topological polar surface area (TPSA) is 12.0 Å². The van der Waals surface area contributed by atoms with Gasteiger partial charge in [0, 0.05) is 15.4 Å². The first-order valence-electron chi connectivity index (χ1n) is 5.84. The van der Waals surface area contributed by atoms with Crippen LogP contribution in [0.1, 0.15) is 10.4 Å². The maximum Gasteiger partial charge on any atom is 0.0931 e. The first kappa shape index (κ1) is 14.1. The third kappa shape index (κ3) is 3.82. The van der Waals surface area contributed by atoms with E-state index in [1.165, 1.54) is 14.9 Å². The maximum absolute atomic E-state index is 5.96. The molecule has 0 amide bonds. The second-order valence-electron chi connectivity index (χ2n) is 4.19. The molecule has 0 aliphatic rings. The van der Waals surface area contributed by atoms with Crippen molar-refractivity contribution >= 4 is 38.9 Å². The molecule has 0 spiro atoms. The lowest BCUT2D eigenvalue weighted by atomic mass is 10.0. The number of thiophene rings is 1. The highest BCUT2D eigenvalue weighted by Gasteiger charge is 2.11. The molecule has 0 saturated heterocycles. The highest BCUT2D eigenvalue weighted by Crippen LogP contribution is 2.24. The van der Waals surface area contributed by atoms with Crippen molar-refractivity contribution in [2.24, 2.45) is 0 Å². The summed E-state index contributed by atoms with van der Waals surface area (Å²) in [7, 11) is 2.01. The van der Waals surface area contributed by atoms with Crippen LogP contribution in [0.2, 0.25) is 4.34 Å². The molecule has 2 rings (SSSR count). The van der Waals surface area contributed by atoms with Gasteiger partial charge in [0.05, 0.1) is 4.34 Å². The Balaban J connectivity index is 2.04. The average Bonchev–Trinajstić information content (AvgIpc) is 2.76. The van der Waals surface area contributed by atoms with E-state index in [1.807, 2.05) is 19.2 Å². The van der Waals surface area contributed by atoms with Gasteiger partial charge in [0.25, 0.3) is 0 Å². The van der Waals surface area contributed by atoms with E-state index in [-0.39, 0.29) is 0 Å². The van der Waals surface area contributed by atoms with Crippen molar-refractivity contribution in [2.75, 3.05) is 7.05 Å². The lowest BCUT2D eigenvalue weighted by molar-refractivity contribution is 0.559. The molecule has 1 heterocycles. The molecule has 0 radical (unpaired) electrons. The average molecular weight is 345 g/mol. The Bertz CT molecular complexity index is 512. The molecule has 1 aromatic heterocycles. The van der Waals surface area contributed by atoms with Crippen molar-refractivity contribution in [3.63, 3.8) is 0 Å². The van der Waals surface area contributed by atoms with Crippen LogP contribution in [-0.2, 0) is 12.8 Å². The van der Waals surface area contributed by atoms with Crippen LogP contribution in [0.25, 0.3) is 0 Å². The summed E-state index contributed by atoms with van der Waals surface area (Å²) in [4.78, 5) is 1.33. The van der Waals surface area contributed by atoms with Gasteiger partial charge in [-0.15, -0.1) is 11.3 Å². The molecule has 4 heteroatoms. The van der Waals surface area contributed by atoms with Gasteiger partial charge in [-0.1, -0.05) is 45.7 Å². The Hall–Kier alpha value is -0.350. The van der Waals surface area contributed by atoms with Crippen LogP contribution < -0.4 is 5.32 Å². The first-order chi connectivity index (χ1) is 8.69. The molecule has 0 fully saturated rings. The van der Waals surface area contributed by atoms with Gasteiger partial charge in [-0.2, -0.15) is 0 Å². The number of halogens is 2. The van der Waals surface area contributed by atoms with Crippen LogP contribution >= 0.6 is 38.9 Å². The van der Waals surface area contributed by atoms with Crippen LogP contribution in [0.15, 0.2) is 40.9 Å². The molecular formula is C14H15BrClNS. The van der Waals surface area contributed by atoms with E-state index in [9.17, 15) is 0 Å². The molecule has 0 aliphatic heterocycles. The summed E-state index contributed by atoms with van der Waals surface area (Å²) in [6.45, 7) is 0. The van der Waals surface area contributed by atoms with Gasteiger partial charge in [-0.3, -0.25) is 0 Å². The normalized spacial score (nSPS) is 12.6. The van der Waals surface area contributed by atoms with Crippen LogP contribution in [0, 0.1) is 0 Å². The molecule has 1 aromatic carbocycles. The lowest BCUT2D eigenvalue weighted by Crippen LogP contribution is -2.29. The summed E-state index contributed by atoms with van der Waals surface area (Å²) in [5.41, 5.74) is 1.33. The Kier molecular flexibility index (Phi) is 5.25. The number of rotatable bonds is 5. The predicted molar refractivity (Wildman–Crippen MR) is 83.7 cm³/mol. The summed E-state index contributed by atoms with van der Waals surface area (Å²) in [6, 6.07) is 12.9. The van der Waals surface area contributed by atoms with Crippen LogP contribution in [0.5, 0.6) is 0 Å². The van der Waals surface area contributed by atoms with E-state index < -0.39 is 0 Å². The van der Waals surface area contributed by atoms with Crippen molar-refractivity contribution in [3.05, 3.63) is 55.6 Å². The molecule has 18 heavy (non-hydrogen) atoms. The van der Waals surface area contributed by atoms with E-state index in [1.54, 1.807) is 11.3 Å². The smallest absolute Gasteiger partial charge is 0.0931 e. The summed E-state index contributed by atoms with van der Waals surface area (Å²) in [6.07, 6.45) is 2.02. The van der Waals surface area contributed by atoms with Crippen molar-refractivity contribution in [1.29, 1.82) is 0 Å². The minimum atomic E-state index is 0.429. The third-order valence-corrected chi connectivity index (χ3v) is 4.94. The van der Waals surface area contributed by atoms with Crippen molar-refractivity contribution < 1.29 is 0 Å². The van der Waals surface area contributed by atoms with Gasteiger partial charge in [0.2, 0.25) is 0 Å². The van der Waals surface area contributed by atoms with E-state index in [2.05, 4.69) is 45.5 Å². The molecule has 1 unspecified atom stereocenters. The second-order valence-corrected chi connectivity index (χ2v) is 6.85. The van der Waals surface area contributed by atoms with Gasteiger partial charge in [-0.05, 0) is 43.7 Å². The molecule has 1 N–H and O–H groups in total. The zero-order valence-electron chi connectivity index (χ0n) is 10.1. The second kappa shape index (κ2) is 6.71. The van der Waals surface area contributed by atoms with E-state index in [0.29, 0.717) is 6.04 Å². The van der Waals surface area contributed by atoms with Crippen LogP contribution in [-0.4, -0.2) is 13.1 Å². The van der Waals surface area contributed by atoms with Gasteiger partial charge >= 0.3 is 0 Å². The molecule has 1 atom stereocenters. The van der Waals surface area contributed by atoms with Gasteiger partial charge in [0.15, 0.2) is 0 Å². The highest BCUT2D eigenvalue weighted by atomic mass is 79.9. The predicted octanol–water partition coefficient (Wildman–Crippen LogP) is 4.54. The minimum Gasteiger partial charge on any atom is -0.316 e. The van der Waals surface area contributed by atoms with Crippen LogP contribution in [0.3, 0.4) is 0 Å². The third-order valence-electron chi connectivity index (χ3n) is 2.91. The molecule has 0 aliphatic carbocycles. The summed E-state index contributed by atoms with van der Waals surface area (Å²) >= 11 is 11.2. The number of likely N-dealkylation sites (N-methyl/N-ethyl adjacent to an activating group) is 1. The Morgan fingerprint density at radius 1 is 1.22 bits per heavy atom. The lowest BCUT2D eigenvalue weighted by Gasteiger charge is -2.16. The molecule has 2 aromatic rings. The number of hydrogen-bond acceptors (Lipinski definition) is 2. The Labute approximate surface area is 125 Å². The Morgan fingerprint density at radius 2 is 2.00 bits per heavy atom. The largest absolute Gasteiger partial charge is 0.316 e. The van der Waals surface area contributed by atoms with Crippen LogP contribution in [0.4, 0.5) is 0 Å². The van der Waals surface area contributed by atoms with E-state index in [4.69, 9.17) is 11.6 Å². The zero-order chi connectivity index (χ0) is 13.0. The number of nitrogens with one attached hydrogen (secondary N) is 1. The molecule has 1 nitrogen and oxygen atoms in total. The monoisotopic (exact) mass is 343 g/mol. The van der Waals surface area contributed by atoms with Gasteiger partial charge in [-0.25, -0.2) is 0 Å². The maximum atomic E-state index is 5.96.